The summed E-state index contributed by atoms with van der Waals surface area (Å²) in [5.74, 6) is -2.78. The van der Waals surface area contributed by atoms with Gasteiger partial charge in [0.15, 0.2) is 0 Å². The second kappa shape index (κ2) is 11.6. The summed E-state index contributed by atoms with van der Waals surface area (Å²) in [6.07, 6.45) is -4.64. The Hall–Kier alpha value is -4.33. The first-order valence-electron chi connectivity index (χ1n) is 11.5. The molecule has 2 aromatic carbocycles. The van der Waals surface area contributed by atoms with Gasteiger partial charge in [-0.1, -0.05) is 24.3 Å². The van der Waals surface area contributed by atoms with Crippen LogP contribution in [-0.2, 0) is 22.6 Å². The van der Waals surface area contributed by atoms with Crippen molar-refractivity contribution >= 4 is 23.3 Å². The lowest BCUT2D eigenvalue weighted by atomic mass is 9.96. The fraction of sp³-hybridized carbons (Fsp3) is 0.280. The predicted octanol–water partition coefficient (Wildman–Crippen LogP) is 4.00. The molecule has 0 aliphatic carbocycles. The Balaban J connectivity index is 0.000000532. The number of fused-ring (bicyclic) bond motifs is 1. The molecule has 208 valence electrons. The number of carboxylic acid groups (broad SMARTS) is 1. The summed E-state index contributed by atoms with van der Waals surface area (Å²) >= 11 is 0. The van der Waals surface area contributed by atoms with E-state index in [1.54, 1.807) is 17.0 Å². The van der Waals surface area contributed by atoms with E-state index in [1.807, 2.05) is 38.1 Å². The molecule has 2 heterocycles. The van der Waals surface area contributed by atoms with Crippen LogP contribution in [0.15, 0.2) is 59.2 Å². The van der Waals surface area contributed by atoms with Crippen molar-refractivity contribution in [1.82, 2.24) is 14.3 Å². The normalized spacial score (nSPS) is 12.9. The molecule has 1 aliphatic rings. The van der Waals surface area contributed by atoms with Crippen molar-refractivity contribution in [2.45, 2.75) is 39.4 Å². The van der Waals surface area contributed by atoms with Crippen LogP contribution in [0.4, 0.5) is 33.3 Å². The third kappa shape index (κ3) is 6.22. The minimum Gasteiger partial charge on any atom is -0.475 e. The summed E-state index contributed by atoms with van der Waals surface area (Å²) in [6, 6.07) is 11.3. The smallest absolute Gasteiger partial charge is 0.475 e. The van der Waals surface area contributed by atoms with Crippen molar-refractivity contribution in [2.24, 2.45) is 5.73 Å². The molecule has 0 radical (unpaired) electrons. The Kier molecular flexibility index (Phi) is 8.69. The number of carboxylic acids is 1. The first kappa shape index (κ1) is 29.2. The maximum Gasteiger partial charge on any atom is 0.490 e. The molecule has 1 aliphatic heterocycles. The lowest BCUT2D eigenvalue weighted by Gasteiger charge is -2.32. The molecular weight excluding hydrogens is 529 g/mol. The summed E-state index contributed by atoms with van der Waals surface area (Å²) in [4.78, 5) is 36.4. The van der Waals surface area contributed by atoms with Crippen LogP contribution in [0.3, 0.4) is 0 Å². The molecule has 14 heteroatoms. The van der Waals surface area contributed by atoms with E-state index in [0.717, 1.165) is 21.5 Å². The van der Waals surface area contributed by atoms with Crippen LogP contribution in [0.2, 0.25) is 0 Å². The molecule has 1 amide bonds. The molecule has 0 bridgehead atoms. The highest BCUT2D eigenvalue weighted by Gasteiger charge is 2.38. The molecule has 3 aromatic rings. The molecule has 39 heavy (non-hydrogen) atoms. The standard InChI is InChI=1S/C23H23F2N5O2.C2HF3O2/c1-14-5-3-6-16-9-10-20(31)30(21(14)16)19-8-4-7-18(15(19)2)28-13-27-29(23(28)32)12-17(11-26)22(24)25;3-2(4,5)1(6)7/h3-8,13H,9-12,26H2,1-2H3;(H,6,7). The van der Waals surface area contributed by atoms with E-state index in [4.69, 9.17) is 15.6 Å². The zero-order chi connectivity index (χ0) is 29.1. The Morgan fingerprint density at radius 1 is 1.05 bits per heavy atom. The molecule has 0 atom stereocenters. The fourth-order valence-corrected chi connectivity index (χ4v) is 4.08. The number of para-hydroxylation sites is 1. The average Bonchev–Trinajstić information content (AvgIpc) is 3.22. The van der Waals surface area contributed by atoms with Crippen LogP contribution < -0.4 is 16.3 Å². The van der Waals surface area contributed by atoms with Crippen molar-refractivity contribution in [3.05, 3.63) is 81.6 Å². The monoisotopic (exact) mass is 553 g/mol. The molecule has 1 aromatic heterocycles. The minimum atomic E-state index is -5.08. The number of aliphatic carboxylic acids is 1. The Morgan fingerprint density at radius 2 is 1.67 bits per heavy atom. The largest absolute Gasteiger partial charge is 0.490 e. The molecule has 0 saturated heterocycles. The summed E-state index contributed by atoms with van der Waals surface area (Å²) in [5.41, 5.74) is 9.26. The second-order valence-electron chi connectivity index (χ2n) is 8.55. The number of carbonyl (C=O) groups is 2. The molecular formula is C25H24F5N5O4. The summed E-state index contributed by atoms with van der Waals surface area (Å²) in [7, 11) is 0. The number of aryl methyl sites for hydroxylation is 2. The molecule has 0 spiro atoms. The van der Waals surface area contributed by atoms with Gasteiger partial charge in [-0.05, 0) is 49.1 Å². The lowest BCUT2D eigenvalue weighted by Crippen LogP contribution is -2.32. The van der Waals surface area contributed by atoms with Crippen LogP contribution in [0.1, 0.15) is 23.1 Å². The van der Waals surface area contributed by atoms with E-state index in [-0.39, 0.29) is 24.6 Å². The quantitative estimate of drug-likeness (QED) is 0.461. The molecule has 3 N–H and O–H groups in total. The van der Waals surface area contributed by atoms with Gasteiger partial charge in [0, 0.05) is 18.5 Å². The van der Waals surface area contributed by atoms with Crippen LogP contribution in [0, 0.1) is 13.8 Å². The maximum atomic E-state index is 13.0. The second-order valence-corrected chi connectivity index (χ2v) is 8.55. The third-order valence-electron chi connectivity index (χ3n) is 6.01. The Morgan fingerprint density at radius 3 is 2.26 bits per heavy atom. The van der Waals surface area contributed by atoms with Gasteiger partial charge in [-0.25, -0.2) is 18.8 Å². The minimum absolute atomic E-state index is 0.0220. The first-order valence-corrected chi connectivity index (χ1v) is 11.5. The third-order valence-corrected chi connectivity index (χ3v) is 6.01. The number of amides is 1. The number of anilines is 2. The number of alkyl halides is 3. The molecule has 0 fully saturated rings. The lowest BCUT2D eigenvalue weighted by molar-refractivity contribution is -0.192. The zero-order valence-electron chi connectivity index (χ0n) is 20.8. The van der Waals surface area contributed by atoms with Crippen molar-refractivity contribution in [3.8, 4) is 5.69 Å². The fourth-order valence-electron chi connectivity index (χ4n) is 4.08. The maximum absolute atomic E-state index is 13.0. The number of carbonyl (C=O) groups excluding carboxylic acids is 1. The van der Waals surface area contributed by atoms with Crippen molar-refractivity contribution in [3.63, 3.8) is 0 Å². The summed E-state index contributed by atoms with van der Waals surface area (Å²) < 4.78 is 59.9. The van der Waals surface area contributed by atoms with E-state index < -0.39 is 23.9 Å². The van der Waals surface area contributed by atoms with Gasteiger partial charge in [-0.2, -0.15) is 27.1 Å². The van der Waals surface area contributed by atoms with E-state index in [2.05, 4.69) is 5.10 Å². The number of aromatic nitrogens is 3. The van der Waals surface area contributed by atoms with Gasteiger partial charge in [-0.15, -0.1) is 0 Å². The number of hydrogen-bond acceptors (Lipinski definition) is 5. The van der Waals surface area contributed by atoms with Gasteiger partial charge in [0.1, 0.15) is 6.33 Å². The van der Waals surface area contributed by atoms with E-state index in [1.165, 1.54) is 10.9 Å². The van der Waals surface area contributed by atoms with Crippen molar-refractivity contribution < 1.29 is 36.6 Å². The van der Waals surface area contributed by atoms with Crippen molar-refractivity contribution in [1.29, 1.82) is 0 Å². The van der Waals surface area contributed by atoms with Crippen molar-refractivity contribution in [2.75, 3.05) is 11.4 Å². The highest BCUT2D eigenvalue weighted by Crippen LogP contribution is 2.39. The van der Waals surface area contributed by atoms with E-state index >= 15 is 0 Å². The van der Waals surface area contributed by atoms with Gasteiger partial charge in [0.2, 0.25) is 5.91 Å². The molecule has 0 saturated carbocycles. The number of nitrogens with zero attached hydrogens (tertiary/aromatic N) is 4. The first-order chi connectivity index (χ1) is 18.3. The number of hydrogen-bond donors (Lipinski definition) is 2. The highest BCUT2D eigenvalue weighted by molar-refractivity contribution is 6.04. The van der Waals surface area contributed by atoms with Crippen LogP contribution >= 0.6 is 0 Å². The van der Waals surface area contributed by atoms with E-state index in [9.17, 15) is 31.5 Å². The van der Waals surface area contributed by atoms with Crippen LogP contribution in [-0.4, -0.2) is 44.1 Å². The predicted molar refractivity (Wildman–Crippen MR) is 131 cm³/mol. The molecule has 4 rings (SSSR count). The van der Waals surface area contributed by atoms with Crippen LogP contribution in [0.5, 0.6) is 0 Å². The van der Waals surface area contributed by atoms with E-state index in [0.29, 0.717) is 29.8 Å². The van der Waals surface area contributed by atoms with Crippen LogP contribution in [0.25, 0.3) is 5.69 Å². The zero-order valence-corrected chi connectivity index (χ0v) is 20.8. The summed E-state index contributed by atoms with van der Waals surface area (Å²) in [5, 5.41) is 11.1. The average molecular weight is 553 g/mol. The van der Waals surface area contributed by atoms with Gasteiger partial charge >= 0.3 is 17.8 Å². The van der Waals surface area contributed by atoms with Gasteiger partial charge in [0.05, 0.1) is 23.6 Å². The number of halogens is 5. The highest BCUT2D eigenvalue weighted by atomic mass is 19.4. The molecule has 9 nitrogen and oxygen atoms in total. The number of nitrogens with two attached hydrogens (primary N) is 1. The van der Waals surface area contributed by atoms with Gasteiger partial charge in [-0.3, -0.25) is 9.69 Å². The summed E-state index contributed by atoms with van der Waals surface area (Å²) in [6.45, 7) is 3.03. The Bertz CT molecular complexity index is 1490. The Labute approximate surface area is 218 Å². The SMILES string of the molecule is Cc1cccc2c1N(c1cccc(-n3cnn(CC(CN)=C(F)F)c3=O)c1C)C(=O)CC2.O=C(O)C(F)(F)F. The topological polar surface area (TPSA) is 123 Å². The number of benzene rings is 2. The molecule has 0 unspecified atom stereocenters. The van der Waals surface area contributed by atoms with Gasteiger partial charge < -0.3 is 10.8 Å². The van der Waals surface area contributed by atoms with Gasteiger partial charge in [0.25, 0.3) is 6.08 Å². The number of rotatable bonds is 5.